The van der Waals surface area contributed by atoms with Crippen molar-refractivity contribution in [3.05, 3.63) is 41.0 Å². The Balaban J connectivity index is 2.73. The number of benzene rings is 1. The fraction of sp³-hybridized carbons (Fsp3) is 0.333. The van der Waals surface area contributed by atoms with Crippen LogP contribution in [0, 0.1) is 13.8 Å². The van der Waals surface area contributed by atoms with Crippen molar-refractivity contribution in [2.75, 3.05) is 5.33 Å². The van der Waals surface area contributed by atoms with Gasteiger partial charge < -0.3 is 0 Å². The van der Waals surface area contributed by atoms with Gasteiger partial charge in [-0.05, 0) is 37.0 Å². The predicted octanol–water partition coefficient (Wildman–Crippen LogP) is 4.10. The quantitative estimate of drug-likeness (QED) is 0.696. The zero-order valence-corrected chi connectivity index (χ0v) is 9.76. The standard InChI is InChI=1S/C12H15Br/c1-10-6-7-12(9-11(10)2)5-3-4-8-13/h3,5-7,9H,4,8H2,1-2H3/b5-3+. The SMILES string of the molecule is Cc1ccc(/C=C/CCBr)cc1C. The van der Waals surface area contributed by atoms with Gasteiger partial charge in [-0.25, -0.2) is 0 Å². The number of alkyl halides is 1. The third-order valence-corrected chi connectivity index (χ3v) is 2.57. The monoisotopic (exact) mass is 238 g/mol. The molecule has 0 bridgehead atoms. The predicted molar refractivity (Wildman–Crippen MR) is 63.4 cm³/mol. The Morgan fingerprint density at radius 2 is 2.00 bits per heavy atom. The van der Waals surface area contributed by atoms with Crippen molar-refractivity contribution in [2.24, 2.45) is 0 Å². The maximum Gasteiger partial charge on any atom is 0.00660 e. The van der Waals surface area contributed by atoms with Gasteiger partial charge in [0.2, 0.25) is 0 Å². The Labute approximate surface area is 88.8 Å². The van der Waals surface area contributed by atoms with E-state index in [0.29, 0.717) is 0 Å². The summed E-state index contributed by atoms with van der Waals surface area (Å²) in [6.45, 7) is 4.29. The Kier molecular flexibility index (Phi) is 4.23. The Bertz CT molecular complexity index is 300. The number of halogens is 1. The molecule has 0 aliphatic carbocycles. The summed E-state index contributed by atoms with van der Waals surface area (Å²) in [5.74, 6) is 0. The summed E-state index contributed by atoms with van der Waals surface area (Å²) in [7, 11) is 0. The second-order valence-electron chi connectivity index (χ2n) is 3.22. The van der Waals surface area contributed by atoms with Crippen molar-refractivity contribution >= 4 is 22.0 Å². The van der Waals surface area contributed by atoms with Crippen molar-refractivity contribution in [1.29, 1.82) is 0 Å². The molecule has 1 heteroatoms. The number of aryl methyl sites for hydroxylation is 2. The highest BCUT2D eigenvalue weighted by molar-refractivity contribution is 9.09. The van der Waals surface area contributed by atoms with Crippen molar-refractivity contribution in [1.82, 2.24) is 0 Å². The first-order valence-electron chi connectivity index (χ1n) is 4.54. The second-order valence-corrected chi connectivity index (χ2v) is 4.02. The minimum Gasteiger partial charge on any atom is -0.0925 e. The molecule has 0 heterocycles. The molecule has 0 N–H and O–H groups in total. The van der Waals surface area contributed by atoms with Crippen molar-refractivity contribution in [3.63, 3.8) is 0 Å². The summed E-state index contributed by atoms with van der Waals surface area (Å²) < 4.78 is 0. The normalized spacial score (nSPS) is 11.0. The second kappa shape index (κ2) is 5.23. The fourth-order valence-corrected chi connectivity index (χ4v) is 1.42. The molecule has 0 amide bonds. The van der Waals surface area contributed by atoms with Crippen LogP contribution >= 0.6 is 15.9 Å². The summed E-state index contributed by atoms with van der Waals surface area (Å²) >= 11 is 3.40. The molecule has 1 aromatic rings. The minimum absolute atomic E-state index is 1.04. The van der Waals surface area contributed by atoms with Crippen LogP contribution < -0.4 is 0 Å². The molecular formula is C12H15Br. The van der Waals surface area contributed by atoms with E-state index in [4.69, 9.17) is 0 Å². The smallest absolute Gasteiger partial charge is 0.00660 e. The van der Waals surface area contributed by atoms with Gasteiger partial charge >= 0.3 is 0 Å². The van der Waals surface area contributed by atoms with E-state index in [0.717, 1.165) is 11.8 Å². The first-order chi connectivity index (χ1) is 6.24. The van der Waals surface area contributed by atoms with Crippen LogP contribution in [0.3, 0.4) is 0 Å². The number of hydrogen-bond donors (Lipinski definition) is 0. The van der Waals surface area contributed by atoms with E-state index < -0.39 is 0 Å². The lowest BCUT2D eigenvalue weighted by molar-refractivity contribution is 1.27. The molecule has 0 fully saturated rings. The summed E-state index contributed by atoms with van der Waals surface area (Å²) in [5.41, 5.74) is 4.02. The van der Waals surface area contributed by atoms with Gasteiger partial charge in [0.15, 0.2) is 0 Å². The largest absolute Gasteiger partial charge is 0.0925 e. The van der Waals surface area contributed by atoms with E-state index in [1.165, 1.54) is 16.7 Å². The van der Waals surface area contributed by atoms with E-state index in [1.807, 2.05) is 0 Å². The van der Waals surface area contributed by atoms with Gasteiger partial charge in [0.1, 0.15) is 0 Å². The van der Waals surface area contributed by atoms with Crippen molar-refractivity contribution in [3.8, 4) is 0 Å². The molecule has 0 radical (unpaired) electrons. The van der Waals surface area contributed by atoms with E-state index >= 15 is 0 Å². The number of rotatable bonds is 3. The molecule has 0 saturated carbocycles. The maximum atomic E-state index is 3.40. The van der Waals surface area contributed by atoms with Gasteiger partial charge in [-0.2, -0.15) is 0 Å². The summed E-state index contributed by atoms with van der Waals surface area (Å²) in [6, 6.07) is 6.55. The lowest BCUT2D eigenvalue weighted by Gasteiger charge is -2.00. The Morgan fingerprint density at radius 1 is 1.23 bits per heavy atom. The van der Waals surface area contributed by atoms with Gasteiger partial charge in [-0.1, -0.05) is 46.3 Å². The van der Waals surface area contributed by atoms with Crippen LogP contribution in [0.1, 0.15) is 23.1 Å². The van der Waals surface area contributed by atoms with Gasteiger partial charge in [-0.15, -0.1) is 0 Å². The molecule has 0 aliphatic rings. The molecule has 0 unspecified atom stereocenters. The van der Waals surface area contributed by atoms with E-state index in [9.17, 15) is 0 Å². The first-order valence-corrected chi connectivity index (χ1v) is 5.66. The van der Waals surface area contributed by atoms with Crippen LogP contribution in [-0.4, -0.2) is 5.33 Å². The van der Waals surface area contributed by atoms with E-state index in [-0.39, 0.29) is 0 Å². The molecule has 0 aromatic heterocycles. The van der Waals surface area contributed by atoms with Gasteiger partial charge in [0, 0.05) is 5.33 Å². The average molecular weight is 239 g/mol. The highest BCUT2D eigenvalue weighted by Gasteiger charge is 1.91. The molecule has 13 heavy (non-hydrogen) atoms. The number of hydrogen-bond acceptors (Lipinski definition) is 0. The zero-order chi connectivity index (χ0) is 9.68. The first kappa shape index (κ1) is 10.5. The maximum absolute atomic E-state index is 3.40. The Morgan fingerprint density at radius 3 is 2.62 bits per heavy atom. The van der Waals surface area contributed by atoms with Gasteiger partial charge in [0.25, 0.3) is 0 Å². The topological polar surface area (TPSA) is 0 Å². The molecule has 0 aliphatic heterocycles. The molecule has 0 nitrogen and oxygen atoms in total. The summed E-state index contributed by atoms with van der Waals surface area (Å²) in [4.78, 5) is 0. The molecule has 1 rings (SSSR count). The lowest BCUT2D eigenvalue weighted by atomic mass is 10.1. The molecule has 1 aromatic carbocycles. The van der Waals surface area contributed by atoms with Crippen LogP contribution in [0.15, 0.2) is 24.3 Å². The molecule has 0 atom stereocenters. The van der Waals surface area contributed by atoms with Gasteiger partial charge in [-0.3, -0.25) is 0 Å². The third kappa shape index (κ3) is 3.35. The minimum atomic E-state index is 1.04. The van der Waals surface area contributed by atoms with Crippen LogP contribution in [0.4, 0.5) is 0 Å². The summed E-state index contributed by atoms with van der Waals surface area (Å²) in [6.07, 6.45) is 5.46. The molecule has 0 saturated heterocycles. The van der Waals surface area contributed by atoms with E-state index in [2.05, 4.69) is 60.1 Å². The van der Waals surface area contributed by atoms with Crippen LogP contribution in [0.25, 0.3) is 6.08 Å². The molecule has 70 valence electrons. The zero-order valence-electron chi connectivity index (χ0n) is 8.18. The van der Waals surface area contributed by atoms with E-state index in [1.54, 1.807) is 0 Å². The van der Waals surface area contributed by atoms with Gasteiger partial charge in [0.05, 0.1) is 0 Å². The highest BCUT2D eigenvalue weighted by Crippen LogP contribution is 2.11. The van der Waals surface area contributed by atoms with Crippen molar-refractivity contribution in [2.45, 2.75) is 20.3 Å². The summed E-state index contributed by atoms with van der Waals surface area (Å²) in [5, 5.41) is 1.04. The van der Waals surface area contributed by atoms with Crippen LogP contribution in [0.5, 0.6) is 0 Å². The average Bonchev–Trinajstić information content (AvgIpc) is 2.12. The Hall–Kier alpha value is -0.560. The lowest BCUT2D eigenvalue weighted by Crippen LogP contribution is -1.81. The fourth-order valence-electron chi connectivity index (χ4n) is 1.15. The molecule has 0 spiro atoms. The number of allylic oxidation sites excluding steroid dienone is 1. The molecular weight excluding hydrogens is 224 g/mol. The van der Waals surface area contributed by atoms with Crippen LogP contribution in [-0.2, 0) is 0 Å². The highest BCUT2D eigenvalue weighted by atomic mass is 79.9. The third-order valence-electron chi connectivity index (χ3n) is 2.12. The van der Waals surface area contributed by atoms with Crippen LogP contribution in [0.2, 0.25) is 0 Å². The van der Waals surface area contributed by atoms with Crippen molar-refractivity contribution < 1.29 is 0 Å².